The van der Waals surface area contributed by atoms with E-state index in [9.17, 15) is 0 Å². The molecule has 66 valence electrons. The number of H-pyrrole nitrogens is 1. The predicted molar refractivity (Wildman–Crippen MR) is 54.5 cm³/mol. The SMILES string of the molecule is Clc1nc(-c2cccc(Br)c2)n[nH]1. The van der Waals surface area contributed by atoms with Crippen molar-refractivity contribution in [2.24, 2.45) is 0 Å². The van der Waals surface area contributed by atoms with Crippen molar-refractivity contribution in [2.45, 2.75) is 0 Å². The lowest BCUT2D eigenvalue weighted by atomic mass is 10.2. The standard InChI is InChI=1S/C8H5BrClN3/c9-6-3-1-2-5(4-6)7-11-8(10)13-12-7/h1-4H,(H,11,12,13). The van der Waals surface area contributed by atoms with Crippen LogP contribution in [0.4, 0.5) is 0 Å². The van der Waals surface area contributed by atoms with Gasteiger partial charge in [0.25, 0.3) is 0 Å². The van der Waals surface area contributed by atoms with Crippen molar-refractivity contribution in [2.75, 3.05) is 0 Å². The highest BCUT2D eigenvalue weighted by atomic mass is 79.9. The van der Waals surface area contributed by atoms with Crippen LogP contribution in [0.3, 0.4) is 0 Å². The predicted octanol–water partition coefficient (Wildman–Crippen LogP) is 2.89. The molecule has 1 heterocycles. The van der Waals surface area contributed by atoms with Crippen LogP contribution in [0.5, 0.6) is 0 Å². The molecule has 1 aromatic carbocycles. The molecule has 5 heteroatoms. The van der Waals surface area contributed by atoms with Crippen molar-refractivity contribution < 1.29 is 0 Å². The molecule has 0 saturated carbocycles. The molecule has 2 aromatic rings. The van der Waals surface area contributed by atoms with Gasteiger partial charge >= 0.3 is 0 Å². The van der Waals surface area contributed by atoms with E-state index in [1.165, 1.54) is 0 Å². The normalized spacial score (nSPS) is 10.3. The first kappa shape index (κ1) is 8.72. The lowest BCUT2D eigenvalue weighted by Gasteiger charge is -1.94. The summed E-state index contributed by atoms with van der Waals surface area (Å²) >= 11 is 8.98. The third-order valence-electron chi connectivity index (χ3n) is 1.54. The second-order valence-corrected chi connectivity index (χ2v) is 3.73. The van der Waals surface area contributed by atoms with Gasteiger partial charge in [-0.15, -0.1) is 0 Å². The highest BCUT2D eigenvalue weighted by Gasteiger charge is 2.03. The molecule has 0 aliphatic rings. The Kier molecular flexibility index (Phi) is 2.33. The van der Waals surface area contributed by atoms with Gasteiger partial charge in [-0.2, -0.15) is 10.1 Å². The Balaban J connectivity index is 2.46. The molecule has 13 heavy (non-hydrogen) atoms. The van der Waals surface area contributed by atoms with Crippen molar-refractivity contribution in [3.63, 3.8) is 0 Å². The summed E-state index contributed by atoms with van der Waals surface area (Å²) in [5.74, 6) is 0.603. The first-order valence-corrected chi connectivity index (χ1v) is 4.76. The van der Waals surface area contributed by atoms with E-state index < -0.39 is 0 Å². The van der Waals surface area contributed by atoms with E-state index >= 15 is 0 Å². The van der Waals surface area contributed by atoms with Crippen molar-refractivity contribution >= 4 is 27.5 Å². The van der Waals surface area contributed by atoms with Gasteiger partial charge in [0.05, 0.1) is 0 Å². The Morgan fingerprint density at radius 2 is 2.23 bits per heavy atom. The van der Waals surface area contributed by atoms with E-state index in [0.717, 1.165) is 10.0 Å². The molecule has 0 unspecified atom stereocenters. The monoisotopic (exact) mass is 257 g/mol. The van der Waals surface area contributed by atoms with Gasteiger partial charge in [0, 0.05) is 10.0 Å². The van der Waals surface area contributed by atoms with Gasteiger partial charge in [-0.25, -0.2) is 5.10 Å². The van der Waals surface area contributed by atoms with Crippen LogP contribution in [0.2, 0.25) is 5.28 Å². The fraction of sp³-hybridized carbons (Fsp3) is 0. The summed E-state index contributed by atoms with van der Waals surface area (Å²) in [5.41, 5.74) is 0.928. The quantitative estimate of drug-likeness (QED) is 0.854. The van der Waals surface area contributed by atoms with Gasteiger partial charge < -0.3 is 0 Å². The Morgan fingerprint density at radius 1 is 1.38 bits per heavy atom. The molecule has 0 atom stereocenters. The summed E-state index contributed by atoms with van der Waals surface area (Å²) in [6.45, 7) is 0. The average molecular weight is 259 g/mol. The number of benzene rings is 1. The van der Waals surface area contributed by atoms with Crippen LogP contribution in [0.15, 0.2) is 28.7 Å². The summed E-state index contributed by atoms with van der Waals surface area (Å²) in [4.78, 5) is 4.00. The Bertz CT molecular complexity index is 427. The number of nitrogens with one attached hydrogen (secondary N) is 1. The molecular weight excluding hydrogens is 253 g/mol. The van der Waals surface area contributed by atoms with Gasteiger partial charge in [-0.1, -0.05) is 28.1 Å². The lowest BCUT2D eigenvalue weighted by Crippen LogP contribution is -1.79. The van der Waals surface area contributed by atoms with Gasteiger partial charge in [-0.05, 0) is 23.7 Å². The maximum atomic E-state index is 5.61. The number of nitrogens with zero attached hydrogens (tertiary/aromatic N) is 2. The first-order chi connectivity index (χ1) is 6.25. The molecule has 0 bridgehead atoms. The van der Waals surface area contributed by atoms with E-state index in [1.54, 1.807) is 0 Å². The molecule has 1 N–H and O–H groups in total. The summed E-state index contributed by atoms with van der Waals surface area (Å²) in [6, 6.07) is 7.71. The maximum absolute atomic E-state index is 5.61. The zero-order chi connectivity index (χ0) is 9.26. The van der Waals surface area contributed by atoms with Crippen molar-refractivity contribution in [1.29, 1.82) is 0 Å². The van der Waals surface area contributed by atoms with Gasteiger partial charge in [0.15, 0.2) is 5.82 Å². The van der Waals surface area contributed by atoms with Crippen LogP contribution in [-0.4, -0.2) is 15.2 Å². The molecule has 0 aliphatic carbocycles. The molecular formula is C8H5BrClN3. The molecule has 0 saturated heterocycles. The Labute approximate surface area is 88.3 Å². The minimum absolute atomic E-state index is 0.301. The third-order valence-corrected chi connectivity index (χ3v) is 2.20. The number of aromatic amines is 1. The van der Waals surface area contributed by atoms with Crippen molar-refractivity contribution in [3.8, 4) is 11.4 Å². The zero-order valence-corrected chi connectivity index (χ0v) is 8.80. The summed E-state index contributed by atoms with van der Waals surface area (Å²) < 4.78 is 0.992. The van der Waals surface area contributed by atoms with Crippen LogP contribution in [-0.2, 0) is 0 Å². The number of rotatable bonds is 1. The molecule has 0 fully saturated rings. The van der Waals surface area contributed by atoms with E-state index in [2.05, 4.69) is 31.1 Å². The number of hydrogen-bond acceptors (Lipinski definition) is 2. The molecule has 0 radical (unpaired) electrons. The van der Waals surface area contributed by atoms with Crippen LogP contribution in [0.25, 0.3) is 11.4 Å². The molecule has 3 nitrogen and oxygen atoms in total. The Morgan fingerprint density at radius 3 is 2.85 bits per heavy atom. The third kappa shape index (κ3) is 1.89. The molecule has 0 spiro atoms. The second-order valence-electron chi connectivity index (χ2n) is 2.46. The Hall–Kier alpha value is -0.870. The van der Waals surface area contributed by atoms with Crippen LogP contribution >= 0.6 is 27.5 Å². The highest BCUT2D eigenvalue weighted by Crippen LogP contribution is 2.20. The van der Waals surface area contributed by atoms with Crippen molar-refractivity contribution in [3.05, 3.63) is 34.0 Å². The fourth-order valence-electron chi connectivity index (χ4n) is 0.999. The minimum Gasteiger partial charge on any atom is -0.249 e. The van der Waals surface area contributed by atoms with Crippen LogP contribution in [0.1, 0.15) is 0 Å². The molecule has 2 rings (SSSR count). The first-order valence-electron chi connectivity index (χ1n) is 3.59. The minimum atomic E-state index is 0.301. The van der Waals surface area contributed by atoms with Gasteiger partial charge in [0.1, 0.15) is 0 Å². The smallest absolute Gasteiger partial charge is 0.218 e. The largest absolute Gasteiger partial charge is 0.249 e. The van der Waals surface area contributed by atoms with Gasteiger partial charge in [0.2, 0.25) is 5.28 Å². The number of halogens is 2. The van der Waals surface area contributed by atoms with E-state index in [4.69, 9.17) is 11.6 Å². The number of hydrogen-bond donors (Lipinski definition) is 1. The number of aromatic nitrogens is 3. The lowest BCUT2D eigenvalue weighted by molar-refractivity contribution is 1.10. The van der Waals surface area contributed by atoms with Crippen LogP contribution < -0.4 is 0 Å². The molecule has 1 aromatic heterocycles. The zero-order valence-electron chi connectivity index (χ0n) is 6.46. The van der Waals surface area contributed by atoms with E-state index in [0.29, 0.717) is 11.1 Å². The summed E-state index contributed by atoms with van der Waals surface area (Å²) in [5, 5.41) is 6.81. The molecule has 0 amide bonds. The highest BCUT2D eigenvalue weighted by molar-refractivity contribution is 9.10. The van der Waals surface area contributed by atoms with Crippen LogP contribution in [0, 0.1) is 0 Å². The summed E-state index contributed by atoms with van der Waals surface area (Å²) in [6.07, 6.45) is 0. The topological polar surface area (TPSA) is 41.6 Å². The summed E-state index contributed by atoms with van der Waals surface area (Å²) in [7, 11) is 0. The fourth-order valence-corrected chi connectivity index (χ4v) is 1.52. The maximum Gasteiger partial charge on any atom is 0.218 e. The molecule has 0 aliphatic heterocycles. The second kappa shape index (κ2) is 3.47. The van der Waals surface area contributed by atoms with Gasteiger partial charge in [-0.3, -0.25) is 0 Å². The average Bonchev–Trinajstić information content (AvgIpc) is 2.52. The van der Waals surface area contributed by atoms with E-state index in [-0.39, 0.29) is 0 Å². The van der Waals surface area contributed by atoms with E-state index in [1.807, 2.05) is 24.3 Å². The van der Waals surface area contributed by atoms with Crippen molar-refractivity contribution in [1.82, 2.24) is 15.2 Å².